The van der Waals surface area contributed by atoms with Gasteiger partial charge in [0.2, 0.25) is 23.6 Å². The van der Waals surface area contributed by atoms with Crippen molar-refractivity contribution >= 4 is 115 Å². The SMILES string of the molecule is COC(=O)[C@@H](CC(=O)[C@@H](NC(=O)[C@@H](CC(=O)[C@@H](NC(=O)[C@@H](CC(=O)[C@@H](NC(=O)[C@@H](CC(=O)[C@H](NCC=O)NC(C)=O)N[C@@H](C=O)CCC(=O)O)N[C@@H](C)C=O)N[C@@H](C)C=O)N[C@@H](C)C=O)N[C@@H](C)C=O)N[C@@H](C=O)CCC(=O)O)N[C@@H](C)C=O. The predicted octanol–water partition coefficient (Wildman–Crippen LogP) is -8.02. The number of rotatable bonds is 50. The van der Waals surface area contributed by atoms with Crippen LogP contribution in [0.2, 0.25) is 0 Å². The molecule has 14 N–H and O–H groups in total. The molecule has 0 aromatic heterocycles. The molecule has 0 bridgehead atoms. The van der Waals surface area contributed by atoms with Gasteiger partial charge in [-0.25, -0.2) is 0 Å². The van der Waals surface area contributed by atoms with Gasteiger partial charge in [-0.15, -0.1) is 0 Å². The van der Waals surface area contributed by atoms with Crippen LogP contribution in [0.25, 0.3) is 0 Å². The number of hydrogen-bond acceptors (Lipinski definition) is 28. The molecule has 34 heteroatoms. The van der Waals surface area contributed by atoms with Crippen LogP contribution in [-0.4, -0.2) is 230 Å². The van der Waals surface area contributed by atoms with Gasteiger partial charge in [-0.3, -0.25) is 95.3 Å². The van der Waals surface area contributed by atoms with Crippen molar-refractivity contribution in [3.63, 3.8) is 0 Å². The molecule has 0 saturated carbocycles. The Labute approximate surface area is 481 Å². The van der Waals surface area contributed by atoms with Crippen LogP contribution < -0.4 is 63.8 Å². The summed E-state index contributed by atoms with van der Waals surface area (Å²) in [6, 6.07) is -16.1. The van der Waals surface area contributed by atoms with Crippen LogP contribution in [0.15, 0.2) is 0 Å². The van der Waals surface area contributed by atoms with Crippen LogP contribution in [0.3, 0.4) is 0 Å². The maximum Gasteiger partial charge on any atom is 0.323 e. The minimum absolute atomic E-state index is 0.216. The van der Waals surface area contributed by atoms with Gasteiger partial charge in [-0.2, -0.15) is 0 Å². The van der Waals surface area contributed by atoms with Crippen LogP contribution in [0.4, 0.5) is 0 Å². The number of carboxylic acids is 2. The standard InChI is InChI=1S/C50H76N12O22/c1-25(18-64)52-33(14-39(74)45(56-29(5)22-68)61-49(82)35(58-31(23-69)8-10-41(76)77)16-37(72)43(51-12-13-63)57-30(6)71)47(80)60-44(55-28(4)21-67)38(73)15-34(53-26(2)19-65)48(81)62-46(59-32(24-70)9-11-42(78)79)40(75)17-36(50(83)84-7)54-27(3)20-66/h13,18-29,31-36,43-46,51-56,58-59H,8-12,14-17H2,1-7H3,(H,57,71)(H,60,80)(H,61,82)(H,62,81)(H,76,77)(H,78,79)/t25-,26-,27-,28-,29-,31+,32+,33+,34+,35+,36+,43+,44+,45+,46+/m0/s1. The molecule has 84 heavy (non-hydrogen) atoms. The highest BCUT2D eigenvalue weighted by Gasteiger charge is 2.38. The van der Waals surface area contributed by atoms with Crippen LogP contribution in [0, 0.1) is 0 Å². The Morgan fingerprint density at radius 1 is 0.405 bits per heavy atom. The number of Topliss-reactive ketones (excluding diaryl/α,β-unsaturated/α-hetero) is 4. The number of carbonyl (C=O) groups is 19. The van der Waals surface area contributed by atoms with Crippen molar-refractivity contribution in [2.45, 2.75) is 184 Å². The van der Waals surface area contributed by atoms with Crippen LogP contribution in [0.1, 0.15) is 92.9 Å². The van der Waals surface area contributed by atoms with Gasteiger partial charge in [-0.1, -0.05) is 0 Å². The first-order valence-electron chi connectivity index (χ1n) is 26.0. The largest absolute Gasteiger partial charge is 0.481 e. The molecule has 0 heterocycles. The number of carbonyl (C=O) groups excluding carboxylic acids is 17. The molecule has 0 aliphatic heterocycles. The van der Waals surface area contributed by atoms with Crippen molar-refractivity contribution in [1.29, 1.82) is 0 Å². The third kappa shape index (κ3) is 30.4. The molecule has 0 aliphatic rings. The number of nitrogens with one attached hydrogen (secondary N) is 12. The van der Waals surface area contributed by atoms with Crippen molar-refractivity contribution in [2.24, 2.45) is 0 Å². The molecule has 0 spiro atoms. The van der Waals surface area contributed by atoms with Gasteiger partial charge in [-0.05, 0) is 47.5 Å². The molecule has 0 radical (unpaired) electrons. The lowest BCUT2D eigenvalue weighted by Gasteiger charge is -2.30. The van der Waals surface area contributed by atoms with E-state index in [1.54, 1.807) is 0 Å². The van der Waals surface area contributed by atoms with Gasteiger partial charge >= 0.3 is 17.9 Å². The Morgan fingerprint density at radius 2 is 0.714 bits per heavy atom. The van der Waals surface area contributed by atoms with Crippen molar-refractivity contribution in [2.75, 3.05) is 13.7 Å². The summed E-state index contributed by atoms with van der Waals surface area (Å²) in [6.45, 7) is 6.80. The maximum absolute atomic E-state index is 14.3. The smallest absolute Gasteiger partial charge is 0.323 e. The number of ketones is 4. The minimum atomic E-state index is -2.01. The first-order valence-corrected chi connectivity index (χ1v) is 26.0. The first kappa shape index (κ1) is 76.0. The molecule has 34 nitrogen and oxygen atoms in total. The zero-order valence-corrected chi connectivity index (χ0v) is 47.2. The molecule has 0 fully saturated rings. The van der Waals surface area contributed by atoms with Crippen molar-refractivity contribution in [3.05, 3.63) is 0 Å². The Morgan fingerprint density at radius 3 is 1.04 bits per heavy atom. The molecule has 0 aliphatic carbocycles. The summed E-state index contributed by atoms with van der Waals surface area (Å²) in [5, 5.41) is 47.5. The normalized spacial score (nSPS) is 16.4. The average Bonchev–Trinajstić information content (AvgIpc) is 3.55. The summed E-state index contributed by atoms with van der Waals surface area (Å²) < 4.78 is 4.72. The van der Waals surface area contributed by atoms with E-state index in [4.69, 9.17) is 4.74 Å². The Balaban J connectivity index is 7.45. The quantitative estimate of drug-likeness (QED) is 0.0153. The van der Waals surface area contributed by atoms with E-state index >= 15 is 0 Å². The van der Waals surface area contributed by atoms with Gasteiger partial charge in [0, 0.05) is 45.4 Å². The van der Waals surface area contributed by atoms with Gasteiger partial charge in [0.15, 0.2) is 23.1 Å². The number of esters is 1. The van der Waals surface area contributed by atoms with Crippen molar-refractivity contribution < 1.29 is 106 Å². The van der Waals surface area contributed by atoms with Gasteiger partial charge < -0.3 is 74.6 Å². The number of carboxylic acid groups (broad SMARTS) is 2. The summed E-state index contributed by atoms with van der Waals surface area (Å²) in [5.41, 5.74) is 0. The fourth-order valence-electron chi connectivity index (χ4n) is 7.39. The number of aldehydes is 8. The van der Waals surface area contributed by atoms with E-state index in [0.717, 1.165) is 14.0 Å². The molecule has 15 atom stereocenters. The van der Waals surface area contributed by atoms with E-state index in [9.17, 15) is 101 Å². The number of amides is 4. The summed E-state index contributed by atoms with van der Waals surface area (Å²) in [4.78, 5) is 240. The second kappa shape index (κ2) is 41.1. The lowest BCUT2D eigenvalue weighted by molar-refractivity contribution is -0.145. The molecule has 4 amide bonds. The summed E-state index contributed by atoms with van der Waals surface area (Å²) in [6.07, 6.45) is -11.1. The molecule has 0 rings (SSSR count). The second-order valence-corrected chi connectivity index (χ2v) is 19.1. The van der Waals surface area contributed by atoms with E-state index in [0.29, 0.717) is 25.1 Å². The van der Waals surface area contributed by atoms with E-state index in [1.165, 1.54) is 34.6 Å². The monoisotopic (exact) mass is 1200 g/mol. The highest BCUT2D eigenvalue weighted by molar-refractivity contribution is 6.00. The van der Waals surface area contributed by atoms with Gasteiger partial charge in [0.05, 0.1) is 74.1 Å². The Kier molecular flexibility index (Phi) is 37.2. The van der Waals surface area contributed by atoms with Crippen LogP contribution >= 0.6 is 0 Å². The number of aliphatic carboxylic acids is 2. The molecule has 0 aromatic carbocycles. The second-order valence-electron chi connectivity index (χ2n) is 19.1. The molecule has 0 aromatic rings. The number of hydrogen-bond donors (Lipinski definition) is 14. The molecular formula is C50H76N12O22. The molecule has 0 saturated heterocycles. The minimum Gasteiger partial charge on any atom is -0.481 e. The summed E-state index contributed by atoms with van der Waals surface area (Å²) in [5.74, 6) is -12.7. The van der Waals surface area contributed by atoms with Crippen LogP contribution in [0.5, 0.6) is 0 Å². The molecule has 0 unspecified atom stereocenters. The predicted molar refractivity (Wildman–Crippen MR) is 286 cm³/mol. The lowest BCUT2D eigenvalue weighted by Crippen LogP contribution is -2.63. The van der Waals surface area contributed by atoms with Crippen molar-refractivity contribution in [3.8, 4) is 0 Å². The highest BCUT2D eigenvalue weighted by atomic mass is 16.5. The zero-order chi connectivity index (χ0) is 64.2. The zero-order valence-electron chi connectivity index (χ0n) is 47.2. The average molecular weight is 1200 g/mol. The van der Waals surface area contributed by atoms with E-state index in [-0.39, 0.29) is 25.1 Å². The fourth-order valence-corrected chi connectivity index (χ4v) is 7.39. The fraction of sp³-hybridized carbons (Fsp3) is 0.620. The highest BCUT2D eigenvalue weighted by Crippen LogP contribution is 2.10. The van der Waals surface area contributed by atoms with Crippen LogP contribution in [-0.2, 0) is 95.8 Å². The molecular weight excluding hydrogens is 1120 g/mol. The maximum atomic E-state index is 14.3. The number of ether oxygens (including phenoxy) is 1. The van der Waals surface area contributed by atoms with Gasteiger partial charge in [0.25, 0.3) is 0 Å². The first-order chi connectivity index (χ1) is 39.6. The Bertz CT molecular complexity index is 2340. The van der Waals surface area contributed by atoms with E-state index in [2.05, 4.69) is 63.8 Å². The topological polar surface area (TPSA) is 518 Å². The van der Waals surface area contributed by atoms with Gasteiger partial charge in [0.1, 0.15) is 81.0 Å². The third-order valence-corrected chi connectivity index (χ3v) is 11.7. The Hall–Kier alpha value is -7.99. The van der Waals surface area contributed by atoms with E-state index in [1.807, 2.05) is 0 Å². The molecule has 468 valence electrons. The summed E-state index contributed by atoms with van der Waals surface area (Å²) >= 11 is 0. The summed E-state index contributed by atoms with van der Waals surface area (Å²) in [7, 11) is 0.969. The van der Waals surface area contributed by atoms with E-state index < -0.39 is 214 Å². The lowest BCUT2D eigenvalue weighted by atomic mass is 10.0. The third-order valence-electron chi connectivity index (χ3n) is 11.7. The van der Waals surface area contributed by atoms with Crippen molar-refractivity contribution in [1.82, 2.24) is 63.8 Å². The number of methoxy groups -OCH3 is 1.